The molecule has 0 bridgehead atoms. The van der Waals surface area contributed by atoms with E-state index in [1.165, 1.54) is 92.9 Å². The van der Waals surface area contributed by atoms with Gasteiger partial charge in [0.2, 0.25) is 0 Å². The van der Waals surface area contributed by atoms with Crippen LogP contribution in [0.2, 0.25) is 0 Å². The maximum absolute atomic E-state index is 8.36. The molecule has 0 aromatic rings. The van der Waals surface area contributed by atoms with E-state index in [1.807, 2.05) is 0 Å². The van der Waals surface area contributed by atoms with Crippen molar-refractivity contribution in [3.05, 3.63) is 70.4 Å². The summed E-state index contributed by atoms with van der Waals surface area (Å²) in [6.45, 7) is 17.4. The summed E-state index contributed by atoms with van der Waals surface area (Å²) in [4.78, 5) is 8.36. The normalized spacial score (nSPS) is 15.9. The van der Waals surface area contributed by atoms with Crippen LogP contribution < -0.4 is 0 Å². The lowest BCUT2D eigenvalue weighted by Gasteiger charge is -2.21. The zero-order valence-corrected chi connectivity index (χ0v) is 23.8. The predicted molar refractivity (Wildman–Crippen MR) is 156 cm³/mol. The van der Waals surface area contributed by atoms with Gasteiger partial charge in [0.25, 0.3) is 6.47 Å². The maximum Gasteiger partial charge on any atom is 0.290 e. The van der Waals surface area contributed by atoms with Gasteiger partial charge in [0.05, 0.1) is 0 Å². The van der Waals surface area contributed by atoms with Crippen molar-refractivity contribution in [3.63, 3.8) is 0 Å². The second-order valence-corrected chi connectivity index (χ2v) is 10.7. The number of hydrogen-bond acceptors (Lipinski definition) is 1. The van der Waals surface area contributed by atoms with Gasteiger partial charge in [-0.25, -0.2) is 0 Å². The molecule has 0 heterocycles. The summed E-state index contributed by atoms with van der Waals surface area (Å²) in [5, 5.41) is 6.89. The predicted octanol–water partition coefficient (Wildman–Crippen LogP) is 10.7. The SMILES string of the molecule is C=C(CC/C=C(\C)CCC=C(C)C)CCC1C=C(CC/C=C(\C)CCC=C(C)C)CCC1.O=CO. The molecule has 0 aromatic carbocycles. The molecule has 1 unspecified atom stereocenters. The number of carbonyl (C=O) groups is 1. The van der Waals surface area contributed by atoms with Crippen LogP contribution in [0, 0.1) is 5.92 Å². The first-order valence-corrected chi connectivity index (χ1v) is 13.7. The molecule has 35 heavy (non-hydrogen) atoms. The average molecular weight is 483 g/mol. The lowest BCUT2D eigenvalue weighted by Crippen LogP contribution is -2.05. The molecule has 0 saturated heterocycles. The van der Waals surface area contributed by atoms with Crippen molar-refractivity contribution < 1.29 is 9.90 Å². The maximum atomic E-state index is 8.36. The summed E-state index contributed by atoms with van der Waals surface area (Å²) < 4.78 is 0. The van der Waals surface area contributed by atoms with E-state index in [9.17, 15) is 0 Å². The Morgan fingerprint density at radius 3 is 1.91 bits per heavy atom. The first-order chi connectivity index (χ1) is 16.7. The van der Waals surface area contributed by atoms with Gasteiger partial charge in [-0.2, -0.15) is 0 Å². The minimum atomic E-state index is -0.250. The van der Waals surface area contributed by atoms with Gasteiger partial charge >= 0.3 is 0 Å². The highest BCUT2D eigenvalue weighted by atomic mass is 16.3. The number of carboxylic acid groups (broad SMARTS) is 1. The summed E-state index contributed by atoms with van der Waals surface area (Å²) in [7, 11) is 0. The van der Waals surface area contributed by atoms with E-state index in [2.05, 4.69) is 78.5 Å². The van der Waals surface area contributed by atoms with Crippen LogP contribution in [-0.2, 0) is 4.79 Å². The van der Waals surface area contributed by atoms with Gasteiger partial charge in [-0.1, -0.05) is 70.4 Å². The fourth-order valence-corrected chi connectivity index (χ4v) is 4.45. The Hall–Kier alpha value is -2.09. The minimum absolute atomic E-state index is 0.250. The molecule has 0 aromatic heterocycles. The van der Waals surface area contributed by atoms with Crippen LogP contribution in [0.5, 0.6) is 0 Å². The standard InChI is InChI=1S/C32H52.CH2O2/c1-26(2)13-8-15-28(5)17-10-18-30(7)23-24-32-22-12-21-31(25-32)20-11-19-29(6)16-9-14-27(3)4;2-1-3/h13-14,17,19,25,32H,7-12,15-16,18,20-24H2,1-6H3;1H,(H,2,3)/b28-17+,29-19+;. The van der Waals surface area contributed by atoms with Crippen molar-refractivity contribution in [2.24, 2.45) is 5.92 Å². The Bertz CT molecular complexity index is 750. The Balaban J connectivity index is 0.00000365. The molecule has 1 aliphatic rings. The zero-order valence-electron chi connectivity index (χ0n) is 23.8. The van der Waals surface area contributed by atoms with Gasteiger partial charge in [-0.15, -0.1) is 0 Å². The van der Waals surface area contributed by atoms with Crippen LogP contribution in [0.4, 0.5) is 0 Å². The first-order valence-electron chi connectivity index (χ1n) is 13.7. The van der Waals surface area contributed by atoms with Crippen molar-refractivity contribution >= 4 is 6.47 Å². The number of allylic oxidation sites excluding steroid dienone is 11. The summed E-state index contributed by atoms with van der Waals surface area (Å²) in [5.74, 6) is 0.777. The summed E-state index contributed by atoms with van der Waals surface area (Å²) in [6.07, 6.45) is 28.3. The van der Waals surface area contributed by atoms with E-state index in [-0.39, 0.29) is 6.47 Å². The van der Waals surface area contributed by atoms with Gasteiger partial charge < -0.3 is 5.11 Å². The summed E-state index contributed by atoms with van der Waals surface area (Å²) >= 11 is 0. The second-order valence-electron chi connectivity index (χ2n) is 10.7. The largest absolute Gasteiger partial charge is 0.483 e. The van der Waals surface area contributed by atoms with Gasteiger partial charge in [0, 0.05) is 0 Å². The molecule has 198 valence electrons. The summed E-state index contributed by atoms with van der Waals surface area (Å²) in [6, 6.07) is 0. The first kappa shape index (κ1) is 32.9. The van der Waals surface area contributed by atoms with E-state index < -0.39 is 0 Å². The Morgan fingerprint density at radius 2 is 1.37 bits per heavy atom. The van der Waals surface area contributed by atoms with Gasteiger partial charge in [0.15, 0.2) is 0 Å². The van der Waals surface area contributed by atoms with Crippen LogP contribution in [0.25, 0.3) is 0 Å². The van der Waals surface area contributed by atoms with Crippen molar-refractivity contribution in [1.29, 1.82) is 0 Å². The monoisotopic (exact) mass is 482 g/mol. The van der Waals surface area contributed by atoms with E-state index >= 15 is 0 Å². The molecule has 2 nitrogen and oxygen atoms in total. The molecule has 0 amide bonds. The fraction of sp³-hybridized carbons (Fsp3) is 0.606. The highest BCUT2D eigenvalue weighted by Crippen LogP contribution is 2.30. The Morgan fingerprint density at radius 1 is 0.857 bits per heavy atom. The van der Waals surface area contributed by atoms with Gasteiger partial charge in [-0.05, 0) is 131 Å². The van der Waals surface area contributed by atoms with E-state index in [1.54, 1.807) is 11.1 Å². The van der Waals surface area contributed by atoms with Crippen molar-refractivity contribution in [1.82, 2.24) is 0 Å². The van der Waals surface area contributed by atoms with Gasteiger partial charge in [0.1, 0.15) is 0 Å². The smallest absolute Gasteiger partial charge is 0.290 e. The molecule has 0 saturated carbocycles. The molecule has 0 radical (unpaired) electrons. The number of hydrogen-bond donors (Lipinski definition) is 1. The van der Waals surface area contributed by atoms with E-state index in [0.29, 0.717) is 0 Å². The van der Waals surface area contributed by atoms with Crippen LogP contribution in [0.15, 0.2) is 70.4 Å². The molecule has 2 heteroatoms. The third kappa shape index (κ3) is 21.0. The van der Waals surface area contributed by atoms with Crippen molar-refractivity contribution in [2.75, 3.05) is 0 Å². The molecular formula is C33H54O2. The lowest BCUT2D eigenvalue weighted by atomic mass is 9.85. The molecular weight excluding hydrogens is 428 g/mol. The third-order valence-electron chi connectivity index (χ3n) is 6.54. The van der Waals surface area contributed by atoms with E-state index in [4.69, 9.17) is 9.90 Å². The molecule has 0 spiro atoms. The molecule has 0 fully saturated rings. The highest BCUT2D eigenvalue weighted by Gasteiger charge is 2.13. The van der Waals surface area contributed by atoms with Crippen molar-refractivity contribution in [3.8, 4) is 0 Å². The average Bonchev–Trinajstić information content (AvgIpc) is 2.78. The van der Waals surface area contributed by atoms with E-state index in [0.717, 1.165) is 18.8 Å². The highest BCUT2D eigenvalue weighted by molar-refractivity contribution is 5.32. The molecule has 1 atom stereocenters. The lowest BCUT2D eigenvalue weighted by molar-refractivity contribution is -0.122. The number of rotatable bonds is 15. The fourth-order valence-electron chi connectivity index (χ4n) is 4.45. The topological polar surface area (TPSA) is 37.3 Å². The zero-order chi connectivity index (χ0) is 26.5. The summed E-state index contributed by atoms with van der Waals surface area (Å²) in [5.41, 5.74) is 9.07. The third-order valence-corrected chi connectivity index (χ3v) is 6.54. The van der Waals surface area contributed by atoms with Crippen LogP contribution in [0.3, 0.4) is 0 Å². The molecule has 1 rings (SSSR count). The van der Waals surface area contributed by atoms with Crippen LogP contribution in [0.1, 0.15) is 125 Å². The molecule has 1 N–H and O–H groups in total. The van der Waals surface area contributed by atoms with Crippen LogP contribution >= 0.6 is 0 Å². The van der Waals surface area contributed by atoms with Crippen molar-refractivity contribution in [2.45, 2.75) is 125 Å². The van der Waals surface area contributed by atoms with Gasteiger partial charge in [-0.3, -0.25) is 4.79 Å². The Labute approximate surface area is 217 Å². The molecule has 0 aliphatic heterocycles. The Kier molecular flexibility index (Phi) is 19.9. The minimum Gasteiger partial charge on any atom is -0.483 e. The van der Waals surface area contributed by atoms with Crippen LogP contribution in [-0.4, -0.2) is 11.6 Å². The quantitative estimate of drug-likeness (QED) is 0.186. The second kappa shape index (κ2) is 21.2. The molecule has 1 aliphatic carbocycles.